The van der Waals surface area contributed by atoms with Crippen molar-refractivity contribution in [2.75, 3.05) is 0 Å². The molecule has 2 aromatic carbocycles. The van der Waals surface area contributed by atoms with Gasteiger partial charge in [-0.1, -0.05) is 46.9 Å². The Morgan fingerprint density at radius 1 is 1.08 bits per heavy atom. The number of hydrogen-bond donors (Lipinski definition) is 0. The van der Waals surface area contributed by atoms with Gasteiger partial charge in [0.15, 0.2) is 0 Å². The monoisotopic (exact) mass is 415 g/mol. The molecule has 3 rings (SSSR count). The summed E-state index contributed by atoms with van der Waals surface area (Å²) in [6.07, 6.45) is 1.51. The SMILES string of the molecule is O=C1S/C(=C\c2ccc(Cl)cc2Cl)C(=O)N1Cc1c(F)cccc1Cl. The number of thioether (sulfide) groups is 1. The Bertz CT molecular complexity index is 897. The minimum Gasteiger partial charge on any atom is -0.268 e. The number of carbonyl (C=O) groups excluding carboxylic acids is 2. The van der Waals surface area contributed by atoms with Gasteiger partial charge in [0.2, 0.25) is 0 Å². The Morgan fingerprint density at radius 3 is 2.52 bits per heavy atom. The minimum absolute atomic E-state index is 0.0947. The van der Waals surface area contributed by atoms with E-state index in [1.165, 1.54) is 30.3 Å². The number of nitrogens with zero attached hydrogens (tertiary/aromatic N) is 1. The number of hydrogen-bond acceptors (Lipinski definition) is 3. The number of amides is 2. The molecule has 8 heteroatoms. The van der Waals surface area contributed by atoms with Crippen molar-refractivity contribution in [2.24, 2.45) is 0 Å². The lowest BCUT2D eigenvalue weighted by Gasteiger charge is -2.14. The number of halogens is 4. The van der Waals surface area contributed by atoms with Crippen LogP contribution in [-0.2, 0) is 11.3 Å². The summed E-state index contributed by atoms with van der Waals surface area (Å²) >= 11 is 18.7. The number of rotatable bonds is 3. The van der Waals surface area contributed by atoms with Crippen molar-refractivity contribution in [1.82, 2.24) is 4.90 Å². The molecule has 0 radical (unpaired) electrons. The summed E-state index contributed by atoms with van der Waals surface area (Å²) in [4.78, 5) is 25.8. The van der Waals surface area contributed by atoms with Crippen molar-refractivity contribution >= 4 is 63.8 Å². The molecule has 0 bridgehead atoms. The van der Waals surface area contributed by atoms with Crippen molar-refractivity contribution in [3.05, 3.63) is 73.3 Å². The molecule has 0 saturated carbocycles. The largest absolute Gasteiger partial charge is 0.293 e. The lowest BCUT2D eigenvalue weighted by atomic mass is 10.2. The van der Waals surface area contributed by atoms with E-state index in [0.717, 1.165) is 16.7 Å². The summed E-state index contributed by atoms with van der Waals surface area (Å²) in [5, 5.41) is 0.477. The molecule has 1 aliphatic heterocycles. The van der Waals surface area contributed by atoms with Crippen LogP contribution in [0.3, 0.4) is 0 Å². The zero-order valence-electron chi connectivity index (χ0n) is 12.4. The predicted octanol–water partition coefficient (Wildman–Crippen LogP) is 6.02. The van der Waals surface area contributed by atoms with Crippen LogP contribution in [0, 0.1) is 5.82 Å². The highest BCUT2D eigenvalue weighted by Gasteiger charge is 2.36. The van der Waals surface area contributed by atoms with E-state index >= 15 is 0 Å². The van der Waals surface area contributed by atoms with E-state index in [1.54, 1.807) is 12.1 Å². The molecule has 0 spiro atoms. The first-order valence-corrected chi connectivity index (χ1v) is 8.95. The molecule has 25 heavy (non-hydrogen) atoms. The summed E-state index contributed by atoms with van der Waals surface area (Å²) in [6.45, 7) is -0.234. The van der Waals surface area contributed by atoms with E-state index in [2.05, 4.69) is 0 Å². The maximum absolute atomic E-state index is 13.9. The summed E-state index contributed by atoms with van der Waals surface area (Å²) < 4.78 is 13.9. The van der Waals surface area contributed by atoms with Crippen LogP contribution in [0.25, 0.3) is 6.08 Å². The zero-order valence-corrected chi connectivity index (χ0v) is 15.5. The Morgan fingerprint density at radius 2 is 1.84 bits per heavy atom. The highest BCUT2D eigenvalue weighted by Crippen LogP contribution is 2.35. The highest BCUT2D eigenvalue weighted by molar-refractivity contribution is 8.18. The Balaban J connectivity index is 1.89. The van der Waals surface area contributed by atoms with Crippen LogP contribution < -0.4 is 0 Å². The summed E-state index contributed by atoms with van der Waals surface area (Å²) in [6, 6.07) is 9.00. The van der Waals surface area contributed by atoms with Gasteiger partial charge in [0.25, 0.3) is 11.1 Å². The number of benzene rings is 2. The summed E-state index contributed by atoms with van der Waals surface area (Å²) in [5.41, 5.74) is 0.651. The van der Waals surface area contributed by atoms with E-state index in [4.69, 9.17) is 34.8 Å². The van der Waals surface area contributed by atoms with E-state index in [9.17, 15) is 14.0 Å². The molecule has 1 saturated heterocycles. The first-order valence-electron chi connectivity index (χ1n) is 7.00. The average molecular weight is 417 g/mol. The molecule has 0 N–H and O–H groups in total. The van der Waals surface area contributed by atoms with Gasteiger partial charge < -0.3 is 0 Å². The van der Waals surface area contributed by atoms with Crippen LogP contribution in [0.4, 0.5) is 9.18 Å². The van der Waals surface area contributed by atoms with Gasteiger partial charge in [-0.3, -0.25) is 14.5 Å². The van der Waals surface area contributed by atoms with Gasteiger partial charge in [-0.05, 0) is 47.7 Å². The van der Waals surface area contributed by atoms with Gasteiger partial charge >= 0.3 is 0 Å². The van der Waals surface area contributed by atoms with E-state index in [0.29, 0.717) is 15.6 Å². The first kappa shape index (κ1) is 18.3. The Hall–Kier alpha value is -1.53. The molecule has 128 valence electrons. The molecule has 2 amide bonds. The lowest BCUT2D eigenvalue weighted by molar-refractivity contribution is -0.123. The first-order chi connectivity index (χ1) is 11.9. The van der Waals surface area contributed by atoms with Crippen LogP contribution in [-0.4, -0.2) is 16.0 Å². The standard InChI is InChI=1S/C17H9Cl3FNO2S/c18-10-5-4-9(13(20)7-10)6-15-16(23)22(17(24)25-15)8-11-12(19)2-1-3-14(11)21/h1-7H,8H2/b15-6-. The third-order valence-electron chi connectivity index (χ3n) is 3.50. The van der Waals surface area contributed by atoms with Gasteiger partial charge in [-0.25, -0.2) is 4.39 Å². The molecule has 1 fully saturated rings. The van der Waals surface area contributed by atoms with Gasteiger partial charge in [0, 0.05) is 20.6 Å². The lowest BCUT2D eigenvalue weighted by Crippen LogP contribution is -2.28. The maximum atomic E-state index is 13.9. The van der Waals surface area contributed by atoms with Crippen LogP contribution >= 0.6 is 46.6 Å². The third-order valence-corrected chi connectivity index (χ3v) is 5.32. The normalized spacial score (nSPS) is 16.2. The fourth-order valence-corrected chi connectivity index (χ4v) is 3.75. The highest BCUT2D eigenvalue weighted by atomic mass is 35.5. The average Bonchev–Trinajstić information content (AvgIpc) is 2.80. The van der Waals surface area contributed by atoms with Crippen LogP contribution in [0.1, 0.15) is 11.1 Å². The summed E-state index contributed by atoms with van der Waals surface area (Å²) in [7, 11) is 0. The smallest absolute Gasteiger partial charge is 0.268 e. The molecular formula is C17H9Cl3FNO2S. The minimum atomic E-state index is -0.573. The Kier molecular flexibility index (Phi) is 5.39. The van der Waals surface area contributed by atoms with E-state index in [1.807, 2.05) is 0 Å². The van der Waals surface area contributed by atoms with Crippen LogP contribution in [0.5, 0.6) is 0 Å². The van der Waals surface area contributed by atoms with E-state index in [-0.39, 0.29) is 22.0 Å². The maximum Gasteiger partial charge on any atom is 0.293 e. The summed E-state index contributed by atoms with van der Waals surface area (Å²) in [5.74, 6) is -1.10. The van der Waals surface area contributed by atoms with Crippen LogP contribution in [0.15, 0.2) is 41.3 Å². The van der Waals surface area contributed by atoms with Crippen molar-refractivity contribution in [3.8, 4) is 0 Å². The molecule has 2 aromatic rings. The molecule has 3 nitrogen and oxygen atoms in total. The molecule has 0 unspecified atom stereocenters. The van der Waals surface area contributed by atoms with Gasteiger partial charge in [0.05, 0.1) is 11.4 Å². The van der Waals surface area contributed by atoms with Gasteiger partial charge in [-0.15, -0.1) is 0 Å². The van der Waals surface area contributed by atoms with Crippen molar-refractivity contribution in [3.63, 3.8) is 0 Å². The van der Waals surface area contributed by atoms with Crippen molar-refractivity contribution in [1.29, 1.82) is 0 Å². The fraction of sp³-hybridized carbons (Fsp3) is 0.0588. The third kappa shape index (κ3) is 3.85. The number of carbonyl (C=O) groups is 2. The molecule has 0 aliphatic carbocycles. The Labute approximate surface area is 162 Å². The second-order valence-electron chi connectivity index (χ2n) is 5.13. The quantitative estimate of drug-likeness (QED) is 0.574. The molecule has 1 aliphatic rings. The second-order valence-corrected chi connectivity index (χ2v) is 7.38. The molecular weight excluding hydrogens is 408 g/mol. The van der Waals surface area contributed by atoms with Gasteiger partial charge in [0.1, 0.15) is 5.82 Å². The van der Waals surface area contributed by atoms with Crippen LogP contribution in [0.2, 0.25) is 15.1 Å². The van der Waals surface area contributed by atoms with Crippen molar-refractivity contribution < 1.29 is 14.0 Å². The number of imide groups is 1. The van der Waals surface area contributed by atoms with E-state index < -0.39 is 17.0 Å². The fourth-order valence-electron chi connectivity index (χ4n) is 2.24. The van der Waals surface area contributed by atoms with Gasteiger partial charge in [-0.2, -0.15) is 0 Å². The predicted molar refractivity (Wildman–Crippen MR) is 99.4 cm³/mol. The molecule has 1 heterocycles. The van der Waals surface area contributed by atoms with Crippen molar-refractivity contribution in [2.45, 2.75) is 6.54 Å². The zero-order chi connectivity index (χ0) is 18.1. The molecule has 0 atom stereocenters. The molecule has 0 aromatic heterocycles. The second kappa shape index (κ2) is 7.38. The topological polar surface area (TPSA) is 37.4 Å².